The van der Waals surface area contributed by atoms with Crippen LogP contribution in [0.4, 0.5) is 5.82 Å². The van der Waals surface area contributed by atoms with Crippen molar-refractivity contribution in [1.82, 2.24) is 0 Å². The van der Waals surface area contributed by atoms with Gasteiger partial charge in [-0.3, -0.25) is 4.90 Å². The molecule has 29 heavy (non-hydrogen) atoms. The van der Waals surface area contributed by atoms with E-state index in [0.717, 1.165) is 49.8 Å². The molecular weight excluding hydrogens is 362 g/mol. The van der Waals surface area contributed by atoms with Crippen LogP contribution in [0.1, 0.15) is 11.1 Å². The van der Waals surface area contributed by atoms with E-state index < -0.39 is 0 Å². The smallest absolute Gasteiger partial charge is 0.274 e. The number of aromatic nitrogens is 1. The normalized spacial score (nSPS) is 14.6. The monoisotopic (exact) mass is 391 g/mol. The van der Waals surface area contributed by atoms with Crippen LogP contribution in [0, 0.1) is 0 Å². The molecule has 1 saturated heterocycles. The van der Waals surface area contributed by atoms with Crippen molar-refractivity contribution >= 4 is 5.82 Å². The van der Waals surface area contributed by atoms with Gasteiger partial charge in [-0.1, -0.05) is 36.4 Å². The Labute approximate surface area is 172 Å². The van der Waals surface area contributed by atoms with Gasteiger partial charge in [0.15, 0.2) is 11.5 Å². The number of nitrogens with zero attached hydrogens (tertiary/aromatic N) is 1. The number of H-pyrrole nitrogens is 1. The summed E-state index contributed by atoms with van der Waals surface area (Å²) in [6.45, 7) is 5.90. The quantitative estimate of drug-likeness (QED) is 0.670. The average Bonchev–Trinajstić information content (AvgIpc) is 2.80. The van der Waals surface area contributed by atoms with Gasteiger partial charge < -0.3 is 14.4 Å². The summed E-state index contributed by atoms with van der Waals surface area (Å²) < 4.78 is 11.6. The number of quaternary nitrogens is 1. The van der Waals surface area contributed by atoms with Gasteiger partial charge in [-0.25, -0.2) is 4.98 Å². The lowest BCUT2D eigenvalue weighted by molar-refractivity contribution is -0.914. The minimum Gasteiger partial charge on any atom is -0.493 e. The Kier molecular flexibility index (Phi) is 6.27. The molecule has 1 fully saturated rings. The van der Waals surface area contributed by atoms with E-state index in [0.29, 0.717) is 6.61 Å². The molecule has 2 heterocycles. The Morgan fingerprint density at radius 3 is 2.41 bits per heavy atom. The second kappa shape index (κ2) is 9.43. The molecule has 2 N–H and O–H groups in total. The Morgan fingerprint density at radius 1 is 0.897 bits per heavy atom. The summed E-state index contributed by atoms with van der Waals surface area (Å²) in [6, 6.07) is 22.8. The van der Waals surface area contributed by atoms with E-state index >= 15 is 0 Å². The fourth-order valence-corrected chi connectivity index (χ4v) is 3.79. The van der Waals surface area contributed by atoms with Gasteiger partial charge in [0.1, 0.15) is 39.3 Å². The van der Waals surface area contributed by atoms with Crippen molar-refractivity contribution in [2.75, 3.05) is 38.2 Å². The molecule has 4 rings (SSSR count). The summed E-state index contributed by atoms with van der Waals surface area (Å²) in [5.41, 5.74) is 2.43. The maximum Gasteiger partial charge on any atom is 0.274 e. The van der Waals surface area contributed by atoms with Crippen LogP contribution < -0.4 is 24.3 Å². The lowest BCUT2D eigenvalue weighted by atomic mass is 10.1. The first-order valence-corrected chi connectivity index (χ1v) is 10.2. The molecule has 5 nitrogen and oxygen atoms in total. The number of benzene rings is 2. The molecule has 0 aliphatic carbocycles. The van der Waals surface area contributed by atoms with E-state index in [-0.39, 0.29) is 0 Å². The Balaban J connectivity index is 1.36. The minimum atomic E-state index is 0.541. The highest BCUT2D eigenvalue weighted by atomic mass is 16.5. The second-order valence-electron chi connectivity index (χ2n) is 7.42. The highest BCUT2D eigenvalue weighted by Crippen LogP contribution is 2.28. The first-order chi connectivity index (χ1) is 14.3. The largest absolute Gasteiger partial charge is 0.493 e. The topological polar surface area (TPSA) is 40.3 Å². The molecule has 2 aromatic carbocycles. The summed E-state index contributed by atoms with van der Waals surface area (Å²) in [4.78, 5) is 7.35. The fraction of sp³-hybridized carbons (Fsp3) is 0.292. The second-order valence-corrected chi connectivity index (χ2v) is 7.42. The lowest BCUT2D eigenvalue weighted by Crippen LogP contribution is -3.13. The zero-order chi connectivity index (χ0) is 19.9. The molecule has 0 radical (unpaired) electrons. The number of piperazine rings is 1. The van der Waals surface area contributed by atoms with Crippen molar-refractivity contribution in [2.24, 2.45) is 0 Å². The molecule has 1 aromatic heterocycles. The van der Waals surface area contributed by atoms with Gasteiger partial charge in [-0.15, -0.1) is 0 Å². The van der Waals surface area contributed by atoms with Gasteiger partial charge in [0.25, 0.3) is 5.82 Å². The molecule has 0 spiro atoms. The van der Waals surface area contributed by atoms with E-state index in [9.17, 15) is 0 Å². The molecule has 0 amide bonds. The van der Waals surface area contributed by atoms with Crippen molar-refractivity contribution in [3.8, 4) is 11.5 Å². The third kappa shape index (κ3) is 5.06. The Bertz CT molecular complexity index is 895. The summed E-state index contributed by atoms with van der Waals surface area (Å²) in [6.07, 6.45) is 1.99. The first-order valence-electron chi connectivity index (χ1n) is 10.2. The fourth-order valence-electron chi connectivity index (χ4n) is 3.79. The van der Waals surface area contributed by atoms with Crippen LogP contribution in [0.25, 0.3) is 0 Å². The summed E-state index contributed by atoms with van der Waals surface area (Å²) in [5.74, 6) is 2.79. The number of rotatable bonds is 7. The van der Waals surface area contributed by atoms with E-state index in [1.54, 1.807) is 12.0 Å². The van der Waals surface area contributed by atoms with Gasteiger partial charge in [0.2, 0.25) is 0 Å². The van der Waals surface area contributed by atoms with Gasteiger partial charge in [0, 0.05) is 11.6 Å². The summed E-state index contributed by atoms with van der Waals surface area (Å²) >= 11 is 0. The zero-order valence-corrected chi connectivity index (χ0v) is 16.9. The lowest BCUT2D eigenvalue weighted by Gasteiger charge is -2.28. The van der Waals surface area contributed by atoms with E-state index in [4.69, 9.17) is 9.47 Å². The average molecular weight is 392 g/mol. The van der Waals surface area contributed by atoms with Crippen LogP contribution in [-0.4, -0.2) is 33.3 Å². The number of ether oxygens (including phenoxy) is 2. The number of methoxy groups -OCH3 is 1. The van der Waals surface area contributed by atoms with Gasteiger partial charge in [-0.2, -0.15) is 0 Å². The summed E-state index contributed by atoms with van der Waals surface area (Å²) in [7, 11) is 1.69. The minimum absolute atomic E-state index is 0.541. The highest BCUT2D eigenvalue weighted by Gasteiger charge is 2.26. The molecule has 5 heteroatoms. The number of hydrogen-bond acceptors (Lipinski definition) is 3. The van der Waals surface area contributed by atoms with Crippen molar-refractivity contribution in [2.45, 2.75) is 13.2 Å². The highest BCUT2D eigenvalue weighted by molar-refractivity contribution is 5.43. The van der Waals surface area contributed by atoms with Gasteiger partial charge in [-0.05, 0) is 29.8 Å². The van der Waals surface area contributed by atoms with Crippen molar-refractivity contribution in [3.63, 3.8) is 0 Å². The number of hydrogen-bond donors (Lipinski definition) is 1. The molecule has 0 unspecified atom stereocenters. The van der Waals surface area contributed by atoms with Gasteiger partial charge in [0.05, 0.1) is 13.3 Å². The summed E-state index contributed by atoms with van der Waals surface area (Å²) in [5, 5.41) is 0. The van der Waals surface area contributed by atoms with Crippen molar-refractivity contribution < 1.29 is 19.4 Å². The van der Waals surface area contributed by atoms with Crippen LogP contribution in [0.2, 0.25) is 0 Å². The molecule has 0 bridgehead atoms. The first kappa shape index (κ1) is 19.3. The predicted octanol–water partition coefficient (Wildman–Crippen LogP) is 1.99. The van der Waals surface area contributed by atoms with E-state index in [2.05, 4.69) is 46.3 Å². The SMILES string of the molecule is COc1ccc(C[NH+]2CCN(c3cccc[nH+]3)CC2)cc1OCc1ccccc1. The maximum absolute atomic E-state index is 6.07. The molecule has 0 atom stereocenters. The van der Waals surface area contributed by atoms with Crippen LogP contribution in [0.3, 0.4) is 0 Å². The van der Waals surface area contributed by atoms with Crippen LogP contribution in [-0.2, 0) is 13.2 Å². The molecule has 3 aromatic rings. The number of aromatic amines is 1. The Hall–Kier alpha value is -3.05. The molecular formula is C24H29N3O2+2. The third-order valence-electron chi connectivity index (χ3n) is 5.42. The van der Waals surface area contributed by atoms with Crippen molar-refractivity contribution in [3.05, 3.63) is 84.1 Å². The number of anilines is 1. The van der Waals surface area contributed by atoms with Crippen molar-refractivity contribution in [1.29, 1.82) is 0 Å². The van der Waals surface area contributed by atoms with Gasteiger partial charge >= 0.3 is 0 Å². The number of pyridine rings is 1. The molecule has 1 aliphatic heterocycles. The van der Waals surface area contributed by atoms with Crippen LogP contribution in [0.5, 0.6) is 11.5 Å². The van der Waals surface area contributed by atoms with E-state index in [1.807, 2.05) is 36.5 Å². The maximum atomic E-state index is 6.07. The molecule has 150 valence electrons. The number of nitrogens with one attached hydrogen (secondary N) is 2. The standard InChI is InChI=1S/C24H27N3O2/c1-28-22-11-10-21(17-23(22)29-19-20-7-3-2-4-8-20)18-26-13-15-27(16-14-26)24-9-5-6-12-25-24/h2-12,17H,13-16,18-19H2,1H3/p+2. The predicted molar refractivity (Wildman–Crippen MR) is 113 cm³/mol. The Morgan fingerprint density at radius 2 is 1.69 bits per heavy atom. The van der Waals surface area contributed by atoms with Crippen LogP contribution in [0.15, 0.2) is 72.9 Å². The molecule has 0 saturated carbocycles. The van der Waals surface area contributed by atoms with E-state index in [1.165, 1.54) is 11.4 Å². The zero-order valence-electron chi connectivity index (χ0n) is 16.9. The van der Waals surface area contributed by atoms with Crippen LogP contribution >= 0.6 is 0 Å². The third-order valence-corrected chi connectivity index (χ3v) is 5.42. The molecule has 1 aliphatic rings.